The number of hydrogen-bond acceptors (Lipinski definition) is 2. The minimum atomic E-state index is -3.46. The van der Waals surface area contributed by atoms with Gasteiger partial charge >= 0.3 is 0 Å². The second-order valence-electron chi connectivity index (χ2n) is 5.91. The molecule has 124 valence electrons. The molecule has 0 aliphatic rings. The summed E-state index contributed by atoms with van der Waals surface area (Å²) in [5.74, 6) is 0. The number of aryl methyl sites for hydroxylation is 2. The van der Waals surface area contributed by atoms with Gasteiger partial charge in [-0.2, -0.15) is 0 Å². The third-order valence-corrected chi connectivity index (χ3v) is 5.31. The van der Waals surface area contributed by atoms with Crippen molar-refractivity contribution in [1.82, 2.24) is 4.72 Å². The Morgan fingerprint density at radius 1 is 0.870 bits per heavy atom. The Morgan fingerprint density at radius 3 is 2.09 bits per heavy atom. The lowest BCUT2D eigenvalue weighted by molar-refractivity contribution is 0.581. The Morgan fingerprint density at radius 2 is 1.48 bits per heavy atom. The van der Waals surface area contributed by atoms with Crippen molar-refractivity contribution in [2.45, 2.75) is 51.0 Å². The van der Waals surface area contributed by atoms with Gasteiger partial charge in [-0.3, -0.25) is 0 Å². The minimum Gasteiger partial charge on any atom is -0.207 e. The molecule has 0 saturated heterocycles. The van der Waals surface area contributed by atoms with Crippen LogP contribution in [0.25, 0.3) is 0 Å². The van der Waals surface area contributed by atoms with E-state index in [4.69, 9.17) is 0 Å². The van der Waals surface area contributed by atoms with Crippen LogP contribution in [0.5, 0.6) is 0 Å². The maximum absolute atomic E-state index is 12.3. The van der Waals surface area contributed by atoms with Gasteiger partial charge in [0.2, 0.25) is 10.0 Å². The molecule has 0 bridgehead atoms. The summed E-state index contributed by atoms with van der Waals surface area (Å²) < 4.78 is 27.3. The molecular formula is C19H25NO2S. The largest absolute Gasteiger partial charge is 0.240 e. The van der Waals surface area contributed by atoms with E-state index < -0.39 is 10.0 Å². The van der Waals surface area contributed by atoms with E-state index >= 15 is 0 Å². The zero-order chi connectivity index (χ0) is 16.7. The molecule has 0 aliphatic carbocycles. The molecule has 1 N–H and O–H groups in total. The zero-order valence-corrected chi connectivity index (χ0v) is 14.7. The summed E-state index contributed by atoms with van der Waals surface area (Å²) in [7, 11) is -3.46. The van der Waals surface area contributed by atoms with E-state index in [1.54, 1.807) is 12.1 Å². The van der Waals surface area contributed by atoms with Crippen LogP contribution in [0.2, 0.25) is 0 Å². The van der Waals surface area contributed by atoms with E-state index in [0.717, 1.165) is 24.0 Å². The Balaban J connectivity index is 1.97. The molecule has 0 heterocycles. The van der Waals surface area contributed by atoms with Gasteiger partial charge in [-0.25, -0.2) is 13.1 Å². The molecule has 0 aromatic heterocycles. The highest BCUT2D eigenvalue weighted by Gasteiger charge is 2.13. The normalized spacial score (nSPS) is 11.6. The average molecular weight is 331 g/mol. The van der Waals surface area contributed by atoms with Crippen molar-refractivity contribution in [1.29, 1.82) is 0 Å². The van der Waals surface area contributed by atoms with E-state index in [0.29, 0.717) is 11.4 Å². The highest BCUT2D eigenvalue weighted by atomic mass is 32.2. The highest BCUT2D eigenvalue weighted by Crippen LogP contribution is 2.13. The van der Waals surface area contributed by atoms with Crippen LogP contribution in [-0.2, 0) is 23.0 Å². The third-order valence-electron chi connectivity index (χ3n) is 3.89. The van der Waals surface area contributed by atoms with Crippen molar-refractivity contribution in [3.8, 4) is 0 Å². The molecule has 0 atom stereocenters. The summed E-state index contributed by atoms with van der Waals surface area (Å²) in [5.41, 5.74) is 3.31. The lowest BCUT2D eigenvalue weighted by Crippen LogP contribution is -2.23. The molecule has 0 amide bonds. The lowest BCUT2D eigenvalue weighted by Gasteiger charge is -2.08. The number of unbranched alkanes of at least 4 members (excludes halogenated alkanes) is 2. The molecule has 0 spiro atoms. The van der Waals surface area contributed by atoms with Gasteiger partial charge in [0.25, 0.3) is 0 Å². The molecule has 2 aromatic rings. The number of benzene rings is 2. The first-order valence-electron chi connectivity index (χ1n) is 8.15. The summed E-state index contributed by atoms with van der Waals surface area (Å²) in [6.45, 7) is 4.49. The number of sulfonamides is 1. The Kier molecular flexibility index (Phi) is 6.37. The van der Waals surface area contributed by atoms with Gasteiger partial charge < -0.3 is 0 Å². The molecular weight excluding hydrogens is 306 g/mol. The summed E-state index contributed by atoms with van der Waals surface area (Å²) in [6, 6.07) is 15.1. The van der Waals surface area contributed by atoms with Crippen molar-refractivity contribution in [2.24, 2.45) is 0 Å². The maximum Gasteiger partial charge on any atom is 0.240 e. The van der Waals surface area contributed by atoms with E-state index in [9.17, 15) is 8.42 Å². The lowest BCUT2D eigenvalue weighted by atomic mass is 10.1. The van der Waals surface area contributed by atoms with Crippen LogP contribution in [0.4, 0.5) is 0 Å². The number of nitrogens with one attached hydrogen (secondary N) is 1. The molecule has 3 nitrogen and oxygen atoms in total. The summed E-state index contributed by atoms with van der Waals surface area (Å²) >= 11 is 0. The first kappa shape index (κ1) is 17.7. The molecule has 23 heavy (non-hydrogen) atoms. The maximum atomic E-state index is 12.3. The van der Waals surface area contributed by atoms with Gasteiger partial charge in [0.05, 0.1) is 4.90 Å². The van der Waals surface area contributed by atoms with Crippen LogP contribution in [0.1, 0.15) is 42.9 Å². The molecule has 0 fully saturated rings. The molecule has 0 radical (unpaired) electrons. The third kappa shape index (κ3) is 5.48. The average Bonchev–Trinajstić information content (AvgIpc) is 2.55. The van der Waals surface area contributed by atoms with Crippen LogP contribution in [0.3, 0.4) is 0 Å². The monoisotopic (exact) mass is 331 g/mol. The van der Waals surface area contributed by atoms with Crippen molar-refractivity contribution >= 4 is 10.0 Å². The highest BCUT2D eigenvalue weighted by molar-refractivity contribution is 7.89. The summed E-state index contributed by atoms with van der Waals surface area (Å²) in [6.07, 6.45) is 4.55. The standard InChI is InChI=1S/C19H25NO2S/c1-3-4-5-6-17-11-13-19(14-12-17)23(21,22)20-15-18-9-7-16(2)8-10-18/h7-14,20H,3-6,15H2,1-2H3. The quantitative estimate of drug-likeness (QED) is 0.737. The van der Waals surface area contributed by atoms with E-state index in [2.05, 4.69) is 11.6 Å². The van der Waals surface area contributed by atoms with Gasteiger partial charge in [0, 0.05) is 6.54 Å². The zero-order valence-electron chi connectivity index (χ0n) is 13.9. The Hall–Kier alpha value is -1.65. The fourth-order valence-electron chi connectivity index (χ4n) is 2.38. The van der Waals surface area contributed by atoms with Crippen LogP contribution in [-0.4, -0.2) is 8.42 Å². The van der Waals surface area contributed by atoms with Crippen molar-refractivity contribution < 1.29 is 8.42 Å². The molecule has 2 aromatic carbocycles. The second kappa shape index (κ2) is 8.27. The minimum absolute atomic E-state index is 0.306. The van der Waals surface area contributed by atoms with Crippen molar-refractivity contribution in [3.05, 3.63) is 65.2 Å². The topological polar surface area (TPSA) is 46.2 Å². The van der Waals surface area contributed by atoms with E-state index in [1.165, 1.54) is 18.4 Å². The molecule has 2 rings (SSSR count). The SMILES string of the molecule is CCCCCc1ccc(S(=O)(=O)NCc2ccc(C)cc2)cc1. The van der Waals surface area contributed by atoms with Crippen LogP contribution in [0, 0.1) is 6.92 Å². The summed E-state index contributed by atoms with van der Waals surface area (Å²) in [5, 5.41) is 0. The number of hydrogen-bond donors (Lipinski definition) is 1. The molecule has 0 aliphatic heterocycles. The fourth-order valence-corrected chi connectivity index (χ4v) is 3.40. The first-order chi connectivity index (χ1) is 11.0. The molecule has 0 saturated carbocycles. The predicted octanol–water partition coefficient (Wildman–Crippen LogP) is 4.21. The van der Waals surface area contributed by atoms with Gasteiger partial charge in [-0.15, -0.1) is 0 Å². The van der Waals surface area contributed by atoms with Gasteiger partial charge in [0.1, 0.15) is 0 Å². The smallest absolute Gasteiger partial charge is 0.207 e. The van der Waals surface area contributed by atoms with Crippen molar-refractivity contribution in [2.75, 3.05) is 0 Å². The second-order valence-corrected chi connectivity index (χ2v) is 7.68. The molecule has 0 unspecified atom stereocenters. The van der Waals surface area contributed by atoms with Crippen LogP contribution in [0.15, 0.2) is 53.4 Å². The fraction of sp³-hybridized carbons (Fsp3) is 0.368. The van der Waals surface area contributed by atoms with E-state index in [1.807, 2.05) is 43.3 Å². The van der Waals surface area contributed by atoms with Crippen molar-refractivity contribution in [3.63, 3.8) is 0 Å². The van der Waals surface area contributed by atoms with Crippen LogP contribution >= 0.6 is 0 Å². The van der Waals surface area contributed by atoms with Gasteiger partial charge in [-0.1, -0.05) is 61.7 Å². The summed E-state index contributed by atoms with van der Waals surface area (Å²) in [4.78, 5) is 0.323. The Bertz CT molecular complexity index is 704. The van der Waals surface area contributed by atoms with Crippen LogP contribution < -0.4 is 4.72 Å². The number of rotatable bonds is 8. The predicted molar refractivity (Wildman–Crippen MR) is 94.9 cm³/mol. The van der Waals surface area contributed by atoms with E-state index in [-0.39, 0.29) is 0 Å². The van der Waals surface area contributed by atoms with Gasteiger partial charge in [0.15, 0.2) is 0 Å². The first-order valence-corrected chi connectivity index (χ1v) is 9.64. The van der Waals surface area contributed by atoms with Gasteiger partial charge in [-0.05, 0) is 43.0 Å². The Labute approximate surface area is 139 Å². The molecule has 4 heteroatoms.